The highest BCUT2D eigenvalue weighted by Gasteiger charge is 2.52. The number of amides is 4. The first-order valence-electron chi connectivity index (χ1n) is 9.98. The van der Waals surface area contributed by atoms with Gasteiger partial charge in [-0.15, -0.1) is 0 Å². The Hall–Kier alpha value is -3.39. The lowest BCUT2D eigenvalue weighted by molar-refractivity contribution is -0.140. The van der Waals surface area contributed by atoms with E-state index in [-0.39, 0.29) is 6.54 Å². The van der Waals surface area contributed by atoms with Gasteiger partial charge in [0.25, 0.3) is 11.8 Å². The third kappa shape index (κ3) is 3.61. The van der Waals surface area contributed by atoms with Crippen LogP contribution in [-0.4, -0.2) is 47.5 Å². The first-order chi connectivity index (χ1) is 14.5. The van der Waals surface area contributed by atoms with Gasteiger partial charge in [-0.3, -0.25) is 19.9 Å². The first-order valence-corrected chi connectivity index (χ1v) is 9.98. The summed E-state index contributed by atoms with van der Waals surface area (Å²) in [7, 11) is 0. The summed E-state index contributed by atoms with van der Waals surface area (Å²) >= 11 is 0. The van der Waals surface area contributed by atoms with E-state index < -0.39 is 23.4 Å². The monoisotopic (exact) mass is 408 g/mol. The van der Waals surface area contributed by atoms with Crippen molar-refractivity contribution in [3.05, 3.63) is 65.7 Å². The molecule has 0 saturated carbocycles. The molecule has 0 aromatic heterocycles. The number of nitrogens with one attached hydrogen (secondary N) is 2. The topological polar surface area (TPSA) is 91.0 Å². The molecule has 30 heavy (non-hydrogen) atoms. The number of hydrazine groups is 1. The minimum absolute atomic E-state index is 0.0409. The summed E-state index contributed by atoms with van der Waals surface area (Å²) in [6.07, 6.45) is 0.369. The van der Waals surface area contributed by atoms with Crippen molar-refractivity contribution in [1.29, 1.82) is 0 Å². The Labute approximate surface area is 174 Å². The van der Waals surface area contributed by atoms with Crippen LogP contribution in [0, 0.1) is 0 Å². The van der Waals surface area contributed by atoms with Gasteiger partial charge in [-0.2, -0.15) is 5.01 Å². The predicted octanol–water partition coefficient (Wildman–Crippen LogP) is 1.77. The molecule has 0 aliphatic carbocycles. The van der Waals surface area contributed by atoms with E-state index >= 15 is 0 Å². The van der Waals surface area contributed by atoms with E-state index in [1.165, 1.54) is 0 Å². The number of hydrogen-bond acceptors (Lipinski definition) is 5. The number of nitrogens with zero attached hydrogens (tertiary/aromatic N) is 2. The van der Waals surface area contributed by atoms with Crippen LogP contribution in [0.4, 0.5) is 4.79 Å². The summed E-state index contributed by atoms with van der Waals surface area (Å²) in [6, 6.07) is 16.1. The zero-order valence-corrected chi connectivity index (χ0v) is 16.8. The number of rotatable bonds is 5. The molecule has 0 bridgehead atoms. The van der Waals surface area contributed by atoms with Crippen LogP contribution in [0.5, 0.6) is 5.75 Å². The second kappa shape index (κ2) is 8.16. The van der Waals surface area contributed by atoms with Crippen molar-refractivity contribution in [2.24, 2.45) is 0 Å². The first kappa shape index (κ1) is 19.9. The van der Waals surface area contributed by atoms with Crippen molar-refractivity contribution in [2.75, 3.05) is 19.7 Å². The van der Waals surface area contributed by atoms with E-state index in [4.69, 9.17) is 4.74 Å². The highest BCUT2D eigenvalue weighted by Crippen LogP contribution is 2.31. The van der Waals surface area contributed by atoms with Gasteiger partial charge in [0.2, 0.25) is 0 Å². The highest BCUT2D eigenvalue weighted by molar-refractivity contribution is 6.08. The SMILES string of the molecule is CCC1(c2ccccc2)NC(=O)N(NC(=O)CN2CCOc3ccccc3C2)C1=O. The largest absolute Gasteiger partial charge is 0.492 e. The van der Waals surface area contributed by atoms with Crippen LogP contribution in [0.15, 0.2) is 54.6 Å². The van der Waals surface area contributed by atoms with Crippen LogP contribution in [0.2, 0.25) is 0 Å². The molecule has 1 unspecified atom stereocenters. The minimum atomic E-state index is -1.18. The average Bonchev–Trinajstić information content (AvgIpc) is 2.90. The van der Waals surface area contributed by atoms with E-state index in [1.54, 1.807) is 12.1 Å². The van der Waals surface area contributed by atoms with Gasteiger partial charge < -0.3 is 10.1 Å². The summed E-state index contributed by atoms with van der Waals surface area (Å²) in [6.45, 7) is 3.43. The summed E-state index contributed by atoms with van der Waals surface area (Å²) in [5, 5.41) is 3.55. The normalized spacial score (nSPS) is 21.4. The number of ether oxygens (including phenoxy) is 1. The predicted molar refractivity (Wildman–Crippen MR) is 109 cm³/mol. The zero-order chi connectivity index (χ0) is 21.1. The number of fused-ring (bicyclic) bond motifs is 1. The summed E-state index contributed by atoms with van der Waals surface area (Å²) in [5.74, 6) is -0.109. The summed E-state index contributed by atoms with van der Waals surface area (Å²) < 4.78 is 5.72. The molecule has 2 heterocycles. The fourth-order valence-corrected chi connectivity index (χ4v) is 3.92. The Kier molecular flexibility index (Phi) is 5.41. The maximum atomic E-state index is 13.1. The minimum Gasteiger partial charge on any atom is -0.492 e. The highest BCUT2D eigenvalue weighted by atomic mass is 16.5. The smallest absolute Gasteiger partial charge is 0.344 e. The Morgan fingerprint density at radius 2 is 1.87 bits per heavy atom. The van der Waals surface area contributed by atoms with Gasteiger partial charge in [0.05, 0.1) is 6.54 Å². The molecule has 0 spiro atoms. The van der Waals surface area contributed by atoms with Crippen molar-refractivity contribution in [3.63, 3.8) is 0 Å². The average molecular weight is 408 g/mol. The maximum absolute atomic E-state index is 13.1. The van der Waals surface area contributed by atoms with Crippen molar-refractivity contribution in [1.82, 2.24) is 20.7 Å². The van der Waals surface area contributed by atoms with Crippen molar-refractivity contribution < 1.29 is 19.1 Å². The van der Waals surface area contributed by atoms with E-state index in [2.05, 4.69) is 10.7 Å². The second-order valence-electron chi connectivity index (χ2n) is 7.40. The molecule has 8 nitrogen and oxygen atoms in total. The summed E-state index contributed by atoms with van der Waals surface area (Å²) in [4.78, 5) is 40.2. The number of benzene rings is 2. The molecule has 156 valence electrons. The Balaban J connectivity index is 1.45. The van der Waals surface area contributed by atoms with Crippen LogP contribution >= 0.6 is 0 Å². The van der Waals surface area contributed by atoms with Crippen molar-refractivity contribution in [3.8, 4) is 5.75 Å². The Bertz CT molecular complexity index is 965. The second-order valence-corrected chi connectivity index (χ2v) is 7.40. The van der Waals surface area contributed by atoms with Crippen LogP contribution in [0.3, 0.4) is 0 Å². The molecule has 1 saturated heterocycles. The zero-order valence-electron chi connectivity index (χ0n) is 16.8. The van der Waals surface area contributed by atoms with E-state index in [1.807, 2.05) is 54.3 Å². The summed E-state index contributed by atoms with van der Waals surface area (Å²) in [5.41, 5.74) is 2.98. The molecule has 4 rings (SSSR count). The number of para-hydroxylation sites is 1. The lowest BCUT2D eigenvalue weighted by Crippen LogP contribution is -2.51. The number of carbonyl (C=O) groups is 3. The third-order valence-corrected chi connectivity index (χ3v) is 5.52. The number of urea groups is 1. The van der Waals surface area contributed by atoms with Gasteiger partial charge in [-0.05, 0) is 18.1 Å². The number of imide groups is 1. The maximum Gasteiger partial charge on any atom is 0.344 e. The molecule has 2 aromatic carbocycles. The number of carbonyl (C=O) groups excluding carboxylic acids is 3. The van der Waals surface area contributed by atoms with Crippen molar-refractivity contribution in [2.45, 2.75) is 25.4 Å². The van der Waals surface area contributed by atoms with Gasteiger partial charge in [-0.25, -0.2) is 4.79 Å². The molecule has 2 aromatic rings. The molecule has 2 aliphatic rings. The Morgan fingerprint density at radius 3 is 2.63 bits per heavy atom. The molecule has 0 radical (unpaired) electrons. The van der Waals surface area contributed by atoms with Crippen LogP contribution in [0.1, 0.15) is 24.5 Å². The van der Waals surface area contributed by atoms with E-state index in [0.717, 1.165) is 16.3 Å². The molecular formula is C22H24N4O4. The van der Waals surface area contributed by atoms with Crippen LogP contribution < -0.4 is 15.5 Å². The number of hydrogen-bond donors (Lipinski definition) is 2. The van der Waals surface area contributed by atoms with E-state index in [0.29, 0.717) is 31.7 Å². The fraction of sp³-hybridized carbons (Fsp3) is 0.318. The molecule has 1 atom stereocenters. The standard InChI is InChI=1S/C22H24N4O4/c1-2-22(17-9-4-3-5-10-17)20(28)26(21(29)23-22)24-19(27)15-25-12-13-30-18-11-7-6-8-16(18)14-25/h3-11H,2,12-15H2,1H3,(H,23,29)(H,24,27). The molecule has 1 fully saturated rings. The van der Waals surface area contributed by atoms with E-state index in [9.17, 15) is 14.4 Å². The molecule has 2 aliphatic heterocycles. The van der Waals surface area contributed by atoms with Crippen molar-refractivity contribution >= 4 is 17.8 Å². The lowest BCUT2D eigenvalue weighted by Gasteiger charge is -2.26. The lowest BCUT2D eigenvalue weighted by atomic mass is 9.87. The molecular weight excluding hydrogens is 384 g/mol. The van der Waals surface area contributed by atoms with Gasteiger partial charge in [0.1, 0.15) is 17.9 Å². The molecule has 2 N–H and O–H groups in total. The quantitative estimate of drug-likeness (QED) is 0.736. The van der Waals surface area contributed by atoms with Crippen LogP contribution in [-0.2, 0) is 21.7 Å². The van der Waals surface area contributed by atoms with Gasteiger partial charge in [-0.1, -0.05) is 55.5 Å². The molecule has 8 heteroatoms. The van der Waals surface area contributed by atoms with Crippen LogP contribution in [0.25, 0.3) is 0 Å². The van der Waals surface area contributed by atoms with Gasteiger partial charge in [0, 0.05) is 18.7 Å². The van der Waals surface area contributed by atoms with Gasteiger partial charge in [0.15, 0.2) is 0 Å². The Morgan fingerprint density at radius 1 is 1.13 bits per heavy atom. The molecule has 4 amide bonds. The fourth-order valence-electron chi connectivity index (χ4n) is 3.92. The third-order valence-electron chi connectivity index (χ3n) is 5.52. The van der Waals surface area contributed by atoms with Gasteiger partial charge >= 0.3 is 6.03 Å².